The maximum Gasteiger partial charge on any atom is 0.176 e. The number of aryl methyl sites for hydroxylation is 1. The van der Waals surface area contributed by atoms with Crippen LogP contribution in [0.15, 0.2) is 18.2 Å². The Bertz CT molecular complexity index is 401. The minimum absolute atomic E-state index is 0.00945. The highest BCUT2D eigenvalue weighted by atomic mass is 79.9. The summed E-state index contributed by atoms with van der Waals surface area (Å²) < 4.78 is 0. The first-order valence-electron chi connectivity index (χ1n) is 5.08. The third-order valence-corrected chi connectivity index (χ3v) is 3.70. The van der Waals surface area contributed by atoms with Crippen LogP contribution in [-0.2, 0) is 6.42 Å². The lowest BCUT2D eigenvalue weighted by Gasteiger charge is -2.21. The normalized spacial score (nSPS) is 19.9. The average molecular weight is 268 g/mol. The summed E-state index contributed by atoms with van der Waals surface area (Å²) in [6.45, 7) is 0. The molecule has 0 spiro atoms. The average Bonchev–Trinajstić information content (AvgIpc) is 2.23. The highest BCUT2D eigenvalue weighted by molar-refractivity contribution is 9.10. The minimum atomic E-state index is 0.00945. The van der Waals surface area contributed by atoms with E-state index >= 15 is 0 Å². The summed E-state index contributed by atoms with van der Waals surface area (Å²) in [5.74, 6) is 0.224. The molecule has 80 valence electrons. The second-order valence-electron chi connectivity index (χ2n) is 4.11. The highest BCUT2D eigenvalue weighted by Crippen LogP contribution is 2.28. The third-order valence-electron chi connectivity index (χ3n) is 2.82. The Morgan fingerprint density at radius 1 is 1.40 bits per heavy atom. The SMILES string of the molecule is CN(C)c1ccc2c(c1)CCC(Br)C2=O. The van der Waals surface area contributed by atoms with Crippen molar-refractivity contribution >= 4 is 27.4 Å². The second-order valence-corrected chi connectivity index (χ2v) is 5.21. The molecule has 0 heterocycles. The van der Waals surface area contributed by atoms with Gasteiger partial charge in [-0.05, 0) is 36.6 Å². The van der Waals surface area contributed by atoms with Crippen LogP contribution in [-0.4, -0.2) is 24.7 Å². The summed E-state index contributed by atoms with van der Waals surface area (Å²) >= 11 is 3.41. The van der Waals surface area contributed by atoms with Gasteiger partial charge in [0.2, 0.25) is 0 Å². The van der Waals surface area contributed by atoms with Gasteiger partial charge in [-0.1, -0.05) is 15.9 Å². The van der Waals surface area contributed by atoms with Gasteiger partial charge in [-0.2, -0.15) is 0 Å². The second kappa shape index (κ2) is 3.97. The van der Waals surface area contributed by atoms with Crippen LogP contribution in [0.2, 0.25) is 0 Å². The fourth-order valence-electron chi connectivity index (χ4n) is 1.89. The molecule has 15 heavy (non-hydrogen) atoms. The minimum Gasteiger partial charge on any atom is -0.378 e. The summed E-state index contributed by atoms with van der Waals surface area (Å²) in [5, 5.41) is 0. The number of anilines is 1. The van der Waals surface area contributed by atoms with Crippen LogP contribution >= 0.6 is 15.9 Å². The molecule has 2 nitrogen and oxygen atoms in total. The Balaban J connectivity index is 2.43. The molecule has 0 bridgehead atoms. The number of benzene rings is 1. The first kappa shape index (κ1) is 10.7. The highest BCUT2D eigenvalue weighted by Gasteiger charge is 2.25. The van der Waals surface area contributed by atoms with E-state index in [0.29, 0.717) is 0 Å². The van der Waals surface area contributed by atoms with Crippen LogP contribution in [0.25, 0.3) is 0 Å². The van der Waals surface area contributed by atoms with E-state index in [0.717, 1.165) is 24.1 Å². The van der Waals surface area contributed by atoms with Crippen LogP contribution in [0.4, 0.5) is 5.69 Å². The van der Waals surface area contributed by atoms with E-state index in [1.54, 1.807) is 0 Å². The lowest BCUT2D eigenvalue weighted by molar-refractivity contribution is 0.0981. The molecule has 0 radical (unpaired) electrons. The quantitative estimate of drug-likeness (QED) is 0.730. The fourth-order valence-corrected chi connectivity index (χ4v) is 2.36. The van der Waals surface area contributed by atoms with Crippen molar-refractivity contribution in [2.45, 2.75) is 17.7 Å². The zero-order valence-electron chi connectivity index (χ0n) is 8.96. The molecule has 1 aromatic rings. The molecule has 1 aliphatic carbocycles. The molecule has 1 unspecified atom stereocenters. The molecule has 0 fully saturated rings. The molecule has 1 aliphatic rings. The van der Waals surface area contributed by atoms with E-state index < -0.39 is 0 Å². The first-order chi connectivity index (χ1) is 7.09. The molecule has 1 aromatic carbocycles. The predicted molar refractivity (Wildman–Crippen MR) is 66.1 cm³/mol. The molecule has 1 atom stereocenters. The molecule has 0 N–H and O–H groups in total. The van der Waals surface area contributed by atoms with Crippen LogP contribution in [0, 0.1) is 0 Å². The van der Waals surface area contributed by atoms with Crippen molar-refractivity contribution in [1.82, 2.24) is 0 Å². The lowest BCUT2D eigenvalue weighted by atomic mass is 9.90. The molecular formula is C12H14BrNO. The number of hydrogen-bond donors (Lipinski definition) is 0. The number of rotatable bonds is 1. The van der Waals surface area contributed by atoms with Crippen molar-refractivity contribution in [1.29, 1.82) is 0 Å². The van der Waals surface area contributed by atoms with E-state index in [1.807, 2.05) is 26.2 Å². The van der Waals surface area contributed by atoms with E-state index in [1.165, 1.54) is 5.56 Å². The maximum absolute atomic E-state index is 11.8. The van der Waals surface area contributed by atoms with Gasteiger partial charge in [0.25, 0.3) is 0 Å². The van der Waals surface area contributed by atoms with Gasteiger partial charge in [-0.15, -0.1) is 0 Å². The Morgan fingerprint density at radius 3 is 2.80 bits per heavy atom. The van der Waals surface area contributed by atoms with Crippen molar-refractivity contribution < 1.29 is 4.79 Å². The first-order valence-corrected chi connectivity index (χ1v) is 5.99. The Kier molecular flexibility index (Phi) is 2.83. The molecule has 3 heteroatoms. The summed E-state index contributed by atoms with van der Waals surface area (Å²) in [6, 6.07) is 6.06. The third kappa shape index (κ3) is 1.93. The summed E-state index contributed by atoms with van der Waals surface area (Å²) in [4.78, 5) is 13.9. The predicted octanol–water partition coefficient (Wildman–Crippen LogP) is 2.65. The van der Waals surface area contributed by atoms with Gasteiger partial charge in [-0.3, -0.25) is 4.79 Å². The molecule has 0 aliphatic heterocycles. The summed E-state index contributed by atoms with van der Waals surface area (Å²) in [5.41, 5.74) is 3.23. The van der Waals surface area contributed by atoms with Gasteiger partial charge in [0.05, 0.1) is 4.83 Å². The number of hydrogen-bond acceptors (Lipinski definition) is 2. The Morgan fingerprint density at radius 2 is 2.13 bits per heavy atom. The van der Waals surface area contributed by atoms with Crippen molar-refractivity contribution in [3.8, 4) is 0 Å². The van der Waals surface area contributed by atoms with E-state index in [9.17, 15) is 4.79 Å². The van der Waals surface area contributed by atoms with Gasteiger partial charge in [0.1, 0.15) is 0 Å². The van der Waals surface area contributed by atoms with Crippen molar-refractivity contribution in [2.24, 2.45) is 0 Å². The number of fused-ring (bicyclic) bond motifs is 1. The van der Waals surface area contributed by atoms with E-state index in [4.69, 9.17) is 0 Å². The Labute approximate surface area is 98.4 Å². The monoisotopic (exact) mass is 267 g/mol. The number of ketones is 1. The number of Topliss-reactive ketones (excluding diaryl/α,β-unsaturated/α-hetero) is 1. The van der Waals surface area contributed by atoms with Crippen molar-refractivity contribution in [3.63, 3.8) is 0 Å². The number of halogens is 1. The molecule has 0 amide bonds. The van der Waals surface area contributed by atoms with Gasteiger partial charge in [0.15, 0.2) is 5.78 Å². The van der Waals surface area contributed by atoms with Crippen LogP contribution < -0.4 is 4.90 Å². The lowest BCUT2D eigenvalue weighted by Crippen LogP contribution is -2.22. The standard InChI is InChI=1S/C12H14BrNO/c1-14(2)9-4-5-10-8(7-9)3-6-11(13)12(10)15/h4-5,7,11H,3,6H2,1-2H3. The van der Waals surface area contributed by atoms with Gasteiger partial charge < -0.3 is 4.90 Å². The maximum atomic E-state index is 11.8. The molecule has 0 aromatic heterocycles. The van der Waals surface area contributed by atoms with Crippen LogP contribution in [0.5, 0.6) is 0 Å². The van der Waals surface area contributed by atoms with E-state index in [2.05, 4.69) is 26.9 Å². The summed E-state index contributed by atoms with van der Waals surface area (Å²) in [6.07, 6.45) is 1.89. The number of carbonyl (C=O) groups is 1. The van der Waals surface area contributed by atoms with Crippen molar-refractivity contribution in [2.75, 3.05) is 19.0 Å². The van der Waals surface area contributed by atoms with Crippen LogP contribution in [0.3, 0.4) is 0 Å². The van der Waals surface area contributed by atoms with Crippen LogP contribution in [0.1, 0.15) is 22.3 Å². The molecule has 0 saturated heterocycles. The Hall–Kier alpha value is -0.830. The smallest absolute Gasteiger partial charge is 0.176 e. The number of alkyl halides is 1. The zero-order valence-corrected chi connectivity index (χ0v) is 10.5. The van der Waals surface area contributed by atoms with Crippen molar-refractivity contribution in [3.05, 3.63) is 29.3 Å². The van der Waals surface area contributed by atoms with Gasteiger partial charge >= 0.3 is 0 Å². The fraction of sp³-hybridized carbons (Fsp3) is 0.417. The zero-order chi connectivity index (χ0) is 11.0. The molecular weight excluding hydrogens is 254 g/mol. The molecule has 0 saturated carbocycles. The van der Waals surface area contributed by atoms with E-state index in [-0.39, 0.29) is 10.6 Å². The number of nitrogens with zero attached hydrogens (tertiary/aromatic N) is 1. The largest absolute Gasteiger partial charge is 0.378 e. The van der Waals surface area contributed by atoms with Gasteiger partial charge in [-0.25, -0.2) is 0 Å². The molecule has 2 rings (SSSR count). The number of carbonyl (C=O) groups excluding carboxylic acids is 1. The summed E-state index contributed by atoms with van der Waals surface area (Å²) in [7, 11) is 4.03. The van der Waals surface area contributed by atoms with Gasteiger partial charge in [0, 0.05) is 25.3 Å². The topological polar surface area (TPSA) is 20.3 Å².